The first-order valence-electron chi connectivity index (χ1n) is 5.91. The Morgan fingerprint density at radius 2 is 1.44 bits per heavy atom. The fourth-order valence-electron chi connectivity index (χ4n) is 1.71. The van der Waals surface area contributed by atoms with Crippen LogP contribution in [0.1, 0.15) is 51.4 Å². The Balaban J connectivity index is 1.83. The lowest BCUT2D eigenvalue weighted by molar-refractivity contribution is -0.388. The molecule has 5 nitrogen and oxygen atoms in total. The second-order valence-electron chi connectivity index (χ2n) is 4.12. The van der Waals surface area contributed by atoms with Crippen LogP contribution in [0.15, 0.2) is 0 Å². The number of ether oxygens (including phenoxy) is 2. The van der Waals surface area contributed by atoms with Gasteiger partial charge in [0.2, 0.25) is 0 Å². The fourth-order valence-corrected chi connectivity index (χ4v) is 1.71. The van der Waals surface area contributed by atoms with Gasteiger partial charge in [0.15, 0.2) is 0 Å². The van der Waals surface area contributed by atoms with E-state index in [2.05, 4.69) is 9.47 Å². The van der Waals surface area contributed by atoms with E-state index in [1.165, 1.54) is 0 Å². The summed E-state index contributed by atoms with van der Waals surface area (Å²) in [5, 5.41) is 17.9. The predicted molar refractivity (Wildman–Crippen MR) is 56.5 cm³/mol. The highest BCUT2D eigenvalue weighted by Crippen LogP contribution is 2.27. The molecule has 0 amide bonds. The molecule has 0 spiro atoms. The van der Waals surface area contributed by atoms with E-state index in [1.807, 2.05) is 0 Å². The standard InChI is InChI=1S/C11H20O5/c12-9-7-5-3-1-2-4-6-8-11(14)15-10(13)16-11/h12,14H,1-9H2. The quantitative estimate of drug-likeness (QED) is 0.469. The minimum atomic E-state index is -1.64. The van der Waals surface area contributed by atoms with Gasteiger partial charge in [-0.25, -0.2) is 4.79 Å². The minimum Gasteiger partial charge on any atom is -0.396 e. The molecule has 0 radical (unpaired) electrons. The molecule has 0 unspecified atom stereocenters. The van der Waals surface area contributed by atoms with Gasteiger partial charge in [0.25, 0.3) is 0 Å². The molecule has 94 valence electrons. The van der Waals surface area contributed by atoms with Crippen molar-refractivity contribution < 1.29 is 24.5 Å². The van der Waals surface area contributed by atoms with Crippen LogP contribution in [0.25, 0.3) is 0 Å². The van der Waals surface area contributed by atoms with Gasteiger partial charge in [0.1, 0.15) is 0 Å². The topological polar surface area (TPSA) is 76.0 Å². The van der Waals surface area contributed by atoms with Crippen LogP contribution in [0, 0.1) is 0 Å². The van der Waals surface area contributed by atoms with Crippen molar-refractivity contribution in [3.63, 3.8) is 0 Å². The lowest BCUT2D eigenvalue weighted by atomic mass is 10.1. The molecule has 1 aliphatic rings. The normalized spacial score (nSPS) is 17.5. The molecule has 0 aliphatic carbocycles. The zero-order valence-electron chi connectivity index (χ0n) is 9.48. The molecule has 1 aliphatic heterocycles. The summed E-state index contributed by atoms with van der Waals surface area (Å²) in [5.74, 6) is -1.64. The van der Waals surface area contributed by atoms with Gasteiger partial charge in [-0.15, -0.1) is 0 Å². The molecular formula is C11H20O5. The maximum absolute atomic E-state index is 10.3. The molecule has 1 fully saturated rings. The number of carbonyl (C=O) groups excluding carboxylic acids is 1. The van der Waals surface area contributed by atoms with E-state index in [1.54, 1.807) is 0 Å². The number of hydrogen-bond donors (Lipinski definition) is 2. The maximum Gasteiger partial charge on any atom is 0.518 e. The van der Waals surface area contributed by atoms with Gasteiger partial charge < -0.3 is 19.7 Å². The summed E-state index contributed by atoms with van der Waals surface area (Å²) in [4.78, 5) is 10.3. The highest BCUT2D eigenvalue weighted by Gasteiger charge is 2.46. The Bertz CT molecular complexity index is 208. The summed E-state index contributed by atoms with van der Waals surface area (Å²) in [6, 6.07) is 0. The van der Waals surface area contributed by atoms with Crippen LogP contribution in [-0.2, 0) is 9.47 Å². The monoisotopic (exact) mass is 232 g/mol. The summed E-state index contributed by atoms with van der Waals surface area (Å²) < 4.78 is 8.91. The van der Waals surface area contributed by atoms with Gasteiger partial charge in [-0.3, -0.25) is 0 Å². The number of unbranched alkanes of at least 4 members (excludes halogenated alkanes) is 6. The fraction of sp³-hybridized carbons (Fsp3) is 0.909. The first-order valence-corrected chi connectivity index (χ1v) is 5.91. The molecule has 0 aromatic heterocycles. The van der Waals surface area contributed by atoms with Crippen LogP contribution in [0.5, 0.6) is 0 Å². The maximum atomic E-state index is 10.3. The zero-order valence-corrected chi connectivity index (χ0v) is 9.48. The second-order valence-corrected chi connectivity index (χ2v) is 4.12. The number of rotatable bonds is 9. The first kappa shape index (κ1) is 13.3. The Morgan fingerprint density at radius 1 is 0.938 bits per heavy atom. The number of aliphatic hydroxyl groups excluding tert-OH is 1. The van der Waals surface area contributed by atoms with E-state index in [0.29, 0.717) is 6.42 Å². The minimum absolute atomic E-state index is 0.274. The summed E-state index contributed by atoms with van der Waals surface area (Å²) in [6.07, 6.45) is 6.63. The molecule has 0 bridgehead atoms. The molecule has 2 N–H and O–H groups in total. The van der Waals surface area contributed by atoms with Crippen molar-refractivity contribution in [1.82, 2.24) is 0 Å². The van der Waals surface area contributed by atoms with Gasteiger partial charge in [-0.1, -0.05) is 32.1 Å². The van der Waals surface area contributed by atoms with Crippen molar-refractivity contribution in [1.29, 1.82) is 0 Å². The predicted octanol–water partition coefficient (Wildman–Crippen LogP) is 1.91. The second kappa shape index (κ2) is 6.70. The molecule has 5 heteroatoms. The van der Waals surface area contributed by atoms with Crippen LogP contribution in [0.2, 0.25) is 0 Å². The molecule has 0 saturated carbocycles. The summed E-state index contributed by atoms with van der Waals surface area (Å²) in [7, 11) is 0. The van der Waals surface area contributed by atoms with Crippen molar-refractivity contribution in [2.45, 2.75) is 57.3 Å². The molecule has 0 aromatic rings. The van der Waals surface area contributed by atoms with Crippen LogP contribution in [0.3, 0.4) is 0 Å². The van der Waals surface area contributed by atoms with Crippen LogP contribution < -0.4 is 0 Å². The average Bonchev–Trinajstić information content (AvgIpc) is 2.20. The van der Waals surface area contributed by atoms with E-state index in [4.69, 9.17) is 5.11 Å². The van der Waals surface area contributed by atoms with E-state index in [9.17, 15) is 9.90 Å². The third-order valence-corrected chi connectivity index (χ3v) is 2.64. The molecular weight excluding hydrogens is 212 g/mol. The van der Waals surface area contributed by atoms with Gasteiger partial charge in [0, 0.05) is 6.61 Å². The molecule has 16 heavy (non-hydrogen) atoms. The van der Waals surface area contributed by atoms with Crippen molar-refractivity contribution in [3.8, 4) is 0 Å². The molecule has 1 rings (SSSR count). The van der Waals surface area contributed by atoms with E-state index in [0.717, 1.165) is 44.9 Å². The molecule has 0 atom stereocenters. The molecule has 1 saturated heterocycles. The molecule has 1 heterocycles. The van der Waals surface area contributed by atoms with Gasteiger partial charge in [-0.05, 0) is 12.8 Å². The van der Waals surface area contributed by atoms with Gasteiger partial charge in [-0.2, -0.15) is 0 Å². The van der Waals surface area contributed by atoms with Gasteiger partial charge in [0.05, 0.1) is 6.42 Å². The van der Waals surface area contributed by atoms with Crippen molar-refractivity contribution in [2.75, 3.05) is 6.61 Å². The Hall–Kier alpha value is -0.810. The number of aliphatic hydroxyl groups is 2. The summed E-state index contributed by atoms with van der Waals surface area (Å²) in [6.45, 7) is 0.274. The summed E-state index contributed by atoms with van der Waals surface area (Å²) in [5.41, 5.74) is 0. The highest BCUT2D eigenvalue weighted by molar-refractivity contribution is 5.64. The largest absolute Gasteiger partial charge is 0.518 e. The average molecular weight is 232 g/mol. The highest BCUT2D eigenvalue weighted by atomic mass is 17.0. The lowest BCUT2D eigenvalue weighted by Gasteiger charge is -2.33. The smallest absolute Gasteiger partial charge is 0.396 e. The van der Waals surface area contributed by atoms with Crippen molar-refractivity contribution >= 4 is 6.16 Å². The van der Waals surface area contributed by atoms with E-state index in [-0.39, 0.29) is 6.61 Å². The summed E-state index contributed by atoms with van der Waals surface area (Å²) >= 11 is 0. The zero-order chi connectivity index (χ0) is 11.9. The van der Waals surface area contributed by atoms with Crippen LogP contribution >= 0.6 is 0 Å². The molecule has 0 aromatic carbocycles. The van der Waals surface area contributed by atoms with Crippen molar-refractivity contribution in [3.05, 3.63) is 0 Å². The number of hydrogen-bond acceptors (Lipinski definition) is 5. The number of cyclic esters (lactones) is 2. The van der Waals surface area contributed by atoms with Crippen molar-refractivity contribution in [2.24, 2.45) is 0 Å². The Morgan fingerprint density at radius 3 is 1.94 bits per heavy atom. The third kappa shape index (κ3) is 4.81. The number of carbonyl (C=O) groups is 1. The first-order chi connectivity index (χ1) is 7.66. The van der Waals surface area contributed by atoms with Crippen LogP contribution in [0.4, 0.5) is 4.79 Å². The van der Waals surface area contributed by atoms with E-state index >= 15 is 0 Å². The lowest BCUT2D eigenvalue weighted by Crippen LogP contribution is -2.49. The third-order valence-electron chi connectivity index (χ3n) is 2.64. The van der Waals surface area contributed by atoms with Crippen LogP contribution in [-0.4, -0.2) is 28.9 Å². The van der Waals surface area contributed by atoms with E-state index < -0.39 is 12.1 Å². The SMILES string of the molecule is O=C1OC(O)(CCCCCCCCCO)O1. The Kier molecular flexibility index (Phi) is 5.55. The Labute approximate surface area is 95.4 Å². The van der Waals surface area contributed by atoms with Gasteiger partial charge >= 0.3 is 12.1 Å².